The van der Waals surface area contributed by atoms with Gasteiger partial charge in [0.25, 0.3) is 0 Å². The van der Waals surface area contributed by atoms with Crippen molar-refractivity contribution in [1.82, 2.24) is 4.90 Å². The van der Waals surface area contributed by atoms with Gasteiger partial charge >= 0.3 is 6.09 Å². The summed E-state index contributed by atoms with van der Waals surface area (Å²) in [4.78, 5) is 27.1. The lowest BCUT2D eigenvalue weighted by Gasteiger charge is -2.48. The molecule has 0 radical (unpaired) electrons. The Labute approximate surface area is 147 Å². The van der Waals surface area contributed by atoms with E-state index < -0.39 is 5.60 Å². The van der Waals surface area contributed by atoms with Crippen LogP contribution in [0.2, 0.25) is 0 Å². The first-order valence-corrected chi connectivity index (χ1v) is 9.86. The van der Waals surface area contributed by atoms with E-state index in [0.717, 1.165) is 51.4 Å². The molecule has 2 bridgehead atoms. The normalized spacial score (nSPS) is 27.0. The maximum absolute atomic E-state index is 12.6. The molecule has 0 N–H and O–H groups in total. The second kappa shape index (κ2) is 8.35. The number of amides is 1. The number of Topliss-reactive ketones (excluding diaryl/α,β-unsaturated/α-hetero) is 1. The Bertz CT molecular complexity index is 427. The van der Waals surface area contributed by atoms with Gasteiger partial charge in [-0.25, -0.2) is 4.79 Å². The van der Waals surface area contributed by atoms with E-state index in [-0.39, 0.29) is 24.1 Å². The maximum atomic E-state index is 12.6. The monoisotopic (exact) mass is 337 g/mol. The average molecular weight is 338 g/mol. The summed E-state index contributed by atoms with van der Waals surface area (Å²) < 4.78 is 5.60. The summed E-state index contributed by atoms with van der Waals surface area (Å²) in [5.41, 5.74) is -0.461. The molecule has 0 aromatic heterocycles. The molecular formula is C20H35NO3. The van der Waals surface area contributed by atoms with Gasteiger partial charge < -0.3 is 9.64 Å². The number of unbranched alkanes of at least 4 members (excludes halogenated alkanes) is 3. The molecule has 0 aromatic rings. The molecular weight excluding hydrogens is 302 g/mol. The molecule has 4 nitrogen and oxygen atoms in total. The molecule has 2 rings (SSSR count). The van der Waals surface area contributed by atoms with E-state index in [0.29, 0.717) is 5.78 Å². The zero-order valence-corrected chi connectivity index (χ0v) is 16.0. The summed E-state index contributed by atoms with van der Waals surface area (Å²) in [5.74, 6) is 0.576. The van der Waals surface area contributed by atoms with E-state index in [2.05, 4.69) is 6.92 Å². The van der Waals surface area contributed by atoms with Gasteiger partial charge in [0.2, 0.25) is 0 Å². The summed E-state index contributed by atoms with van der Waals surface area (Å²) in [5, 5.41) is 0. The Morgan fingerprint density at radius 2 is 1.67 bits per heavy atom. The lowest BCUT2D eigenvalue weighted by molar-refractivity contribution is -0.127. The highest BCUT2D eigenvalue weighted by Crippen LogP contribution is 2.38. The quantitative estimate of drug-likeness (QED) is 0.634. The van der Waals surface area contributed by atoms with Crippen molar-refractivity contribution in [2.45, 2.75) is 110 Å². The van der Waals surface area contributed by atoms with Crippen molar-refractivity contribution in [2.75, 3.05) is 0 Å². The van der Waals surface area contributed by atoms with Gasteiger partial charge in [-0.1, -0.05) is 26.2 Å². The predicted molar refractivity (Wildman–Crippen MR) is 96.0 cm³/mol. The lowest BCUT2D eigenvalue weighted by atomic mass is 9.76. The average Bonchev–Trinajstić information content (AvgIpc) is 2.48. The molecule has 2 aliphatic rings. The number of fused-ring (bicyclic) bond motifs is 2. The zero-order chi connectivity index (χ0) is 17.7. The lowest BCUT2D eigenvalue weighted by Crippen LogP contribution is -2.56. The first-order valence-electron chi connectivity index (χ1n) is 9.86. The molecule has 0 saturated carbocycles. The topological polar surface area (TPSA) is 46.6 Å². The van der Waals surface area contributed by atoms with Crippen LogP contribution >= 0.6 is 0 Å². The number of carbonyl (C=O) groups is 2. The first-order chi connectivity index (χ1) is 11.3. The van der Waals surface area contributed by atoms with Crippen LogP contribution in [0.1, 0.15) is 91.9 Å². The molecule has 138 valence electrons. The van der Waals surface area contributed by atoms with Crippen molar-refractivity contribution >= 4 is 11.9 Å². The zero-order valence-electron chi connectivity index (χ0n) is 16.0. The molecule has 24 heavy (non-hydrogen) atoms. The first kappa shape index (κ1) is 19.3. The van der Waals surface area contributed by atoms with Crippen LogP contribution in [0.25, 0.3) is 0 Å². The second-order valence-corrected chi connectivity index (χ2v) is 8.57. The Balaban J connectivity index is 1.92. The smallest absolute Gasteiger partial charge is 0.410 e. The van der Waals surface area contributed by atoms with E-state index in [1.54, 1.807) is 0 Å². The van der Waals surface area contributed by atoms with Crippen LogP contribution in [0.3, 0.4) is 0 Å². The van der Waals surface area contributed by atoms with Crippen LogP contribution in [0, 0.1) is 5.92 Å². The van der Waals surface area contributed by atoms with Crippen LogP contribution in [0.4, 0.5) is 4.79 Å². The highest BCUT2D eigenvalue weighted by molar-refractivity contribution is 5.81. The van der Waals surface area contributed by atoms with Crippen LogP contribution in [0.5, 0.6) is 0 Å². The number of hydrogen-bond donors (Lipinski definition) is 0. The van der Waals surface area contributed by atoms with Gasteiger partial charge in [0.05, 0.1) is 0 Å². The number of rotatable bonds is 6. The maximum Gasteiger partial charge on any atom is 0.410 e. The van der Waals surface area contributed by atoms with E-state index in [4.69, 9.17) is 4.74 Å². The van der Waals surface area contributed by atoms with Gasteiger partial charge in [-0.15, -0.1) is 0 Å². The van der Waals surface area contributed by atoms with Crippen molar-refractivity contribution in [2.24, 2.45) is 5.92 Å². The van der Waals surface area contributed by atoms with Gasteiger partial charge in [-0.3, -0.25) is 4.79 Å². The van der Waals surface area contributed by atoms with Gasteiger partial charge in [0.1, 0.15) is 11.4 Å². The van der Waals surface area contributed by atoms with Crippen molar-refractivity contribution < 1.29 is 14.3 Å². The molecule has 0 aliphatic carbocycles. The van der Waals surface area contributed by atoms with Gasteiger partial charge in [-0.05, 0) is 59.3 Å². The van der Waals surface area contributed by atoms with Crippen LogP contribution in [0.15, 0.2) is 0 Å². The van der Waals surface area contributed by atoms with Gasteiger partial charge in [0, 0.05) is 24.4 Å². The van der Waals surface area contributed by atoms with Crippen LogP contribution in [-0.2, 0) is 9.53 Å². The Kier molecular flexibility index (Phi) is 6.70. The molecule has 0 spiro atoms. The standard InChI is InChI=1S/C20H35NO3/c1-5-6-7-8-12-18(22)15-13-16-10-9-11-17(14-15)21(16)19(23)24-20(2,3)4/h15-17H,5-14H2,1-4H3. The Hall–Kier alpha value is -1.06. The fourth-order valence-electron chi connectivity index (χ4n) is 4.19. The largest absolute Gasteiger partial charge is 0.444 e. The predicted octanol–water partition coefficient (Wildman–Crippen LogP) is 5.09. The molecule has 2 heterocycles. The summed E-state index contributed by atoms with van der Waals surface area (Å²) in [6.45, 7) is 7.92. The van der Waals surface area contributed by atoms with Crippen LogP contribution in [-0.4, -0.2) is 34.5 Å². The minimum atomic E-state index is -0.461. The molecule has 2 fully saturated rings. The third kappa shape index (κ3) is 5.22. The summed E-state index contributed by atoms with van der Waals surface area (Å²) in [6, 6.07) is 0.383. The number of carbonyl (C=O) groups excluding carboxylic acids is 2. The molecule has 2 atom stereocenters. The molecule has 2 unspecified atom stereocenters. The fourth-order valence-corrected chi connectivity index (χ4v) is 4.19. The van der Waals surface area contributed by atoms with E-state index >= 15 is 0 Å². The van der Waals surface area contributed by atoms with Crippen molar-refractivity contribution in [3.63, 3.8) is 0 Å². The fraction of sp³-hybridized carbons (Fsp3) is 0.900. The highest BCUT2D eigenvalue weighted by Gasteiger charge is 2.43. The minimum absolute atomic E-state index is 0.153. The van der Waals surface area contributed by atoms with Gasteiger partial charge in [-0.2, -0.15) is 0 Å². The Morgan fingerprint density at radius 3 is 2.21 bits per heavy atom. The van der Waals surface area contributed by atoms with Gasteiger partial charge in [0.15, 0.2) is 0 Å². The number of hydrogen-bond acceptors (Lipinski definition) is 3. The molecule has 4 heteroatoms. The Morgan fingerprint density at radius 1 is 1.04 bits per heavy atom. The van der Waals surface area contributed by atoms with Crippen LogP contribution < -0.4 is 0 Å². The number of piperidine rings is 2. The van der Waals surface area contributed by atoms with E-state index in [1.165, 1.54) is 12.8 Å². The van der Waals surface area contributed by atoms with E-state index in [9.17, 15) is 9.59 Å². The second-order valence-electron chi connectivity index (χ2n) is 8.57. The number of nitrogens with zero attached hydrogens (tertiary/aromatic N) is 1. The molecule has 2 aliphatic heterocycles. The number of ether oxygens (including phenoxy) is 1. The van der Waals surface area contributed by atoms with Crippen molar-refractivity contribution in [1.29, 1.82) is 0 Å². The molecule has 1 amide bonds. The van der Waals surface area contributed by atoms with Crippen molar-refractivity contribution in [3.05, 3.63) is 0 Å². The third-order valence-electron chi connectivity index (χ3n) is 5.31. The highest BCUT2D eigenvalue weighted by atomic mass is 16.6. The van der Waals surface area contributed by atoms with Crippen molar-refractivity contribution in [3.8, 4) is 0 Å². The summed E-state index contributed by atoms with van der Waals surface area (Å²) in [6.07, 6.45) is 9.98. The SMILES string of the molecule is CCCCCCC(=O)C1CC2CCCC(C1)N2C(=O)OC(C)(C)C. The number of ketones is 1. The summed E-state index contributed by atoms with van der Waals surface area (Å²) >= 11 is 0. The minimum Gasteiger partial charge on any atom is -0.444 e. The third-order valence-corrected chi connectivity index (χ3v) is 5.31. The molecule has 2 saturated heterocycles. The van der Waals surface area contributed by atoms with E-state index in [1.807, 2.05) is 25.7 Å². The molecule has 0 aromatic carbocycles. The summed E-state index contributed by atoms with van der Waals surface area (Å²) in [7, 11) is 0.